The van der Waals surface area contributed by atoms with E-state index in [-0.39, 0.29) is 24.0 Å². The molecule has 1 fully saturated rings. The van der Waals surface area contributed by atoms with Gasteiger partial charge in [0.05, 0.1) is 19.8 Å². The smallest absolute Gasteiger partial charge is 0.191 e. The topological polar surface area (TPSA) is 48.9 Å². The first-order valence-electron chi connectivity index (χ1n) is 7.95. The Hall–Kier alpha value is -0.0900. The van der Waals surface area contributed by atoms with Gasteiger partial charge in [-0.25, -0.2) is 4.99 Å². The van der Waals surface area contributed by atoms with Gasteiger partial charge in [0, 0.05) is 42.2 Å². The Morgan fingerprint density at radius 2 is 2.08 bits per heavy atom. The largest absolute Gasteiger partial charge is 0.379 e. The van der Waals surface area contributed by atoms with E-state index < -0.39 is 0 Å². The van der Waals surface area contributed by atoms with E-state index in [1.165, 1.54) is 0 Å². The van der Waals surface area contributed by atoms with E-state index in [2.05, 4.69) is 43.4 Å². The highest BCUT2D eigenvalue weighted by Crippen LogP contribution is 2.21. The Kier molecular flexibility index (Phi) is 11.2. The van der Waals surface area contributed by atoms with E-state index in [9.17, 15) is 0 Å². The molecule has 1 aromatic carbocycles. The first kappa shape index (κ1) is 22.0. The van der Waals surface area contributed by atoms with Crippen LogP contribution in [0, 0.1) is 0 Å². The number of nitrogens with zero attached hydrogens (tertiary/aromatic N) is 2. The fourth-order valence-electron chi connectivity index (χ4n) is 2.31. The first-order chi connectivity index (χ1) is 11.2. The average molecular weight is 532 g/mol. The molecule has 0 radical (unpaired) electrons. The van der Waals surface area contributed by atoms with Crippen LogP contribution in [0.1, 0.15) is 12.5 Å². The molecule has 2 N–H and O–H groups in total. The van der Waals surface area contributed by atoms with Crippen molar-refractivity contribution >= 4 is 57.5 Å². The van der Waals surface area contributed by atoms with Gasteiger partial charge in [-0.2, -0.15) is 0 Å². The molecule has 0 saturated carbocycles. The van der Waals surface area contributed by atoms with Crippen molar-refractivity contribution < 1.29 is 4.74 Å². The molecule has 2 rings (SSSR count). The highest BCUT2D eigenvalue weighted by Gasteiger charge is 2.09. The second kappa shape index (κ2) is 12.3. The number of hydrogen-bond acceptors (Lipinski definition) is 3. The van der Waals surface area contributed by atoms with Crippen molar-refractivity contribution in [3.05, 3.63) is 33.3 Å². The molecule has 1 saturated heterocycles. The zero-order chi connectivity index (χ0) is 16.5. The number of benzene rings is 1. The molecule has 0 aliphatic carbocycles. The maximum Gasteiger partial charge on any atom is 0.191 e. The molecule has 0 amide bonds. The van der Waals surface area contributed by atoms with Crippen LogP contribution in [0.15, 0.2) is 27.7 Å². The second-order valence-corrected chi connectivity index (χ2v) is 6.63. The van der Waals surface area contributed by atoms with Crippen LogP contribution in [-0.2, 0) is 11.3 Å². The summed E-state index contributed by atoms with van der Waals surface area (Å²) in [7, 11) is 0. The average Bonchev–Trinajstić information content (AvgIpc) is 2.55. The van der Waals surface area contributed by atoms with Gasteiger partial charge in [0.15, 0.2) is 5.96 Å². The summed E-state index contributed by atoms with van der Waals surface area (Å²) < 4.78 is 6.34. The number of morpholine rings is 1. The number of hydrogen-bond donors (Lipinski definition) is 2. The normalized spacial score (nSPS) is 15.7. The lowest BCUT2D eigenvalue weighted by Gasteiger charge is -2.26. The van der Waals surface area contributed by atoms with Crippen LogP contribution in [0.2, 0.25) is 5.02 Å². The van der Waals surface area contributed by atoms with Crippen molar-refractivity contribution in [2.24, 2.45) is 4.99 Å². The van der Waals surface area contributed by atoms with E-state index in [1.807, 2.05) is 18.2 Å². The Labute approximate surface area is 174 Å². The van der Waals surface area contributed by atoms with Crippen LogP contribution >= 0.6 is 51.5 Å². The summed E-state index contributed by atoms with van der Waals surface area (Å²) in [4.78, 5) is 7.00. The number of nitrogens with one attached hydrogen (secondary N) is 2. The lowest BCUT2D eigenvalue weighted by Crippen LogP contribution is -2.44. The van der Waals surface area contributed by atoms with E-state index in [0.717, 1.165) is 67.0 Å². The van der Waals surface area contributed by atoms with Crippen LogP contribution in [-0.4, -0.2) is 56.8 Å². The molecule has 5 nitrogen and oxygen atoms in total. The third kappa shape index (κ3) is 7.86. The maximum absolute atomic E-state index is 6.24. The van der Waals surface area contributed by atoms with Gasteiger partial charge >= 0.3 is 0 Å². The molecule has 0 bridgehead atoms. The standard InChI is InChI=1S/C16H24BrClN4O.HI/c1-2-19-16(20-5-6-22-7-9-23-10-8-22)21-12-13-3-4-14(17)11-15(13)18;/h3-4,11H,2,5-10,12H2,1H3,(H2,19,20,21);1H. The summed E-state index contributed by atoms with van der Waals surface area (Å²) in [5.74, 6) is 0.819. The number of guanidine groups is 1. The number of aliphatic imine (C=N–C) groups is 1. The number of halogens is 3. The van der Waals surface area contributed by atoms with Crippen molar-refractivity contribution in [2.75, 3.05) is 45.9 Å². The fraction of sp³-hybridized carbons (Fsp3) is 0.562. The summed E-state index contributed by atoms with van der Waals surface area (Å²) in [5, 5.41) is 7.37. The molecule has 0 spiro atoms. The van der Waals surface area contributed by atoms with E-state index in [0.29, 0.717) is 6.54 Å². The third-order valence-electron chi connectivity index (χ3n) is 3.59. The minimum Gasteiger partial charge on any atom is -0.379 e. The molecule has 1 aliphatic heterocycles. The monoisotopic (exact) mass is 530 g/mol. The zero-order valence-corrected chi connectivity index (χ0v) is 18.5. The summed E-state index contributed by atoms with van der Waals surface area (Å²) in [5.41, 5.74) is 1.01. The fourth-order valence-corrected chi connectivity index (χ4v) is 3.05. The van der Waals surface area contributed by atoms with Gasteiger partial charge in [0.1, 0.15) is 0 Å². The highest BCUT2D eigenvalue weighted by molar-refractivity contribution is 14.0. The molecule has 136 valence electrons. The predicted molar refractivity (Wildman–Crippen MR) is 115 cm³/mol. The Morgan fingerprint density at radius 3 is 2.75 bits per heavy atom. The maximum atomic E-state index is 6.24. The lowest BCUT2D eigenvalue weighted by atomic mass is 10.2. The molecule has 1 aromatic rings. The summed E-state index contributed by atoms with van der Waals surface area (Å²) in [6.45, 7) is 8.97. The highest BCUT2D eigenvalue weighted by atomic mass is 127. The summed E-state index contributed by atoms with van der Waals surface area (Å²) in [6, 6.07) is 5.87. The first-order valence-corrected chi connectivity index (χ1v) is 9.12. The van der Waals surface area contributed by atoms with Gasteiger partial charge in [0.25, 0.3) is 0 Å². The number of ether oxygens (including phenoxy) is 1. The van der Waals surface area contributed by atoms with Crippen molar-refractivity contribution in [3.8, 4) is 0 Å². The minimum absolute atomic E-state index is 0. The zero-order valence-electron chi connectivity index (χ0n) is 13.9. The van der Waals surface area contributed by atoms with Crippen LogP contribution in [0.3, 0.4) is 0 Å². The molecular formula is C16H25BrClIN4O. The molecular weight excluding hydrogens is 506 g/mol. The van der Waals surface area contributed by atoms with Crippen molar-refractivity contribution in [1.82, 2.24) is 15.5 Å². The predicted octanol–water partition coefficient (Wildman–Crippen LogP) is 3.11. The van der Waals surface area contributed by atoms with Crippen LogP contribution in [0.25, 0.3) is 0 Å². The summed E-state index contributed by atoms with van der Waals surface area (Å²) >= 11 is 9.65. The quantitative estimate of drug-likeness (QED) is 0.337. The number of rotatable bonds is 6. The van der Waals surface area contributed by atoms with Crippen LogP contribution < -0.4 is 10.6 Å². The van der Waals surface area contributed by atoms with Gasteiger partial charge in [-0.15, -0.1) is 24.0 Å². The SMILES string of the molecule is CCNC(=NCc1ccc(Br)cc1Cl)NCCN1CCOCC1.I. The molecule has 1 heterocycles. The lowest BCUT2D eigenvalue weighted by molar-refractivity contribution is 0.0389. The van der Waals surface area contributed by atoms with Gasteiger partial charge in [-0.3, -0.25) is 4.90 Å². The third-order valence-corrected chi connectivity index (χ3v) is 4.44. The summed E-state index contributed by atoms with van der Waals surface area (Å²) in [6.07, 6.45) is 0. The van der Waals surface area contributed by atoms with Gasteiger partial charge < -0.3 is 15.4 Å². The Balaban J connectivity index is 0.00000288. The second-order valence-electron chi connectivity index (χ2n) is 5.31. The van der Waals surface area contributed by atoms with Crippen molar-refractivity contribution in [2.45, 2.75) is 13.5 Å². The van der Waals surface area contributed by atoms with Gasteiger partial charge in [-0.05, 0) is 24.6 Å². The van der Waals surface area contributed by atoms with Gasteiger partial charge in [-0.1, -0.05) is 33.6 Å². The van der Waals surface area contributed by atoms with Crippen molar-refractivity contribution in [1.29, 1.82) is 0 Å². The molecule has 0 aromatic heterocycles. The van der Waals surface area contributed by atoms with Crippen LogP contribution in [0.5, 0.6) is 0 Å². The van der Waals surface area contributed by atoms with E-state index in [1.54, 1.807) is 0 Å². The van der Waals surface area contributed by atoms with Crippen molar-refractivity contribution in [3.63, 3.8) is 0 Å². The molecule has 8 heteroatoms. The van der Waals surface area contributed by atoms with E-state index >= 15 is 0 Å². The molecule has 24 heavy (non-hydrogen) atoms. The molecule has 0 unspecified atom stereocenters. The van der Waals surface area contributed by atoms with Crippen LogP contribution in [0.4, 0.5) is 0 Å². The molecule has 1 aliphatic rings. The van der Waals surface area contributed by atoms with E-state index in [4.69, 9.17) is 16.3 Å². The minimum atomic E-state index is 0. The Morgan fingerprint density at radius 1 is 1.33 bits per heavy atom. The van der Waals surface area contributed by atoms with Gasteiger partial charge in [0.2, 0.25) is 0 Å². The molecule has 0 atom stereocenters. The Bertz CT molecular complexity index is 527.